The van der Waals surface area contributed by atoms with Crippen molar-refractivity contribution in [2.45, 2.75) is 39.3 Å². The van der Waals surface area contributed by atoms with E-state index in [9.17, 15) is 0 Å². The number of hydrogen-bond acceptors (Lipinski definition) is 3. The van der Waals surface area contributed by atoms with E-state index in [0.717, 1.165) is 38.8 Å². The van der Waals surface area contributed by atoms with Crippen molar-refractivity contribution in [2.75, 3.05) is 31.1 Å². The van der Waals surface area contributed by atoms with Crippen LogP contribution < -0.4 is 4.90 Å². The second kappa shape index (κ2) is 6.00. The lowest BCUT2D eigenvalue weighted by Gasteiger charge is -2.37. The quantitative estimate of drug-likeness (QED) is 0.867. The summed E-state index contributed by atoms with van der Waals surface area (Å²) in [7, 11) is 0. The molecule has 0 spiro atoms. The van der Waals surface area contributed by atoms with Crippen LogP contribution in [-0.4, -0.2) is 40.6 Å². The minimum absolute atomic E-state index is 0.726. The van der Waals surface area contributed by atoms with Crippen LogP contribution in [-0.2, 0) is 6.54 Å². The molecule has 1 aliphatic carbocycles. The van der Waals surface area contributed by atoms with Gasteiger partial charge in [0.1, 0.15) is 0 Å². The molecule has 122 valence electrons. The van der Waals surface area contributed by atoms with Crippen LogP contribution in [0.25, 0.3) is 0 Å². The van der Waals surface area contributed by atoms with Crippen LogP contribution in [0.2, 0.25) is 0 Å². The maximum absolute atomic E-state index is 4.36. The van der Waals surface area contributed by atoms with Crippen LogP contribution >= 0.6 is 0 Å². The molecule has 2 aromatic rings. The highest BCUT2D eigenvalue weighted by molar-refractivity contribution is 5.55. The molecule has 1 aromatic heterocycles. The Morgan fingerprint density at radius 1 is 1.09 bits per heavy atom. The highest BCUT2D eigenvalue weighted by Crippen LogP contribution is 2.35. The van der Waals surface area contributed by atoms with E-state index in [4.69, 9.17) is 0 Å². The van der Waals surface area contributed by atoms with Crippen molar-refractivity contribution in [1.29, 1.82) is 0 Å². The van der Waals surface area contributed by atoms with E-state index < -0.39 is 0 Å². The Bertz CT molecular complexity index is 678. The summed E-state index contributed by atoms with van der Waals surface area (Å²) in [5, 5.41) is 0. The van der Waals surface area contributed by atoms with E-state index in [0.29, 0.717) is 0 Å². The molecule has 0 N–H and O–H groups in total. The lowest BCUT2D eigenvalue weighted by Crippen LogP contribution is -2.46. The molecule has 1 saturated heterocycles. The zero-order valence-electron chi connectivity index (χ0n) is 14.2. The van der Waals surface area contributed by atoms with Gasteiger partial charge in [-0.2, -0.15) is 0 Å². The number of aryl methyl sites for hydroxylation is 2. The Morgan fingerprint density at radius 2 is 1.87 bits per heavy atom. The van der Waals surface area contributed by atoms with Gasteiger partial charge in [0.15, 0.2) is 0 Å². The summed E-state index contributed by atoms with van der Waals surface area (Å²) in [6.45, 7) is 9.92. The molecule has 4 heteroatoms. The lowest BCUT2D eigenvalue weighted by molar-refractivity contribution is 0.243. The van der Waals surface area contributed by atoms with Gasteiger partial charge in [-0.1, -0.05) is 12.1 Å². The van der Waals surface area contributed by atoms with Crippen molar-refractivity contribution >= 4 is 5.69 Å². The van der Waals surface area contributed by atoms with E-state index >= 15 is 0 Å². The third-order valence-corrected chi connectivity index (χ3v) is 5.15. The maximum atomic E-state index is 4.36. The standard InChI is InChI=1S/C19H26N4/c1-15-3-4-16(2)19(11-15)22-9-7-21(8-10-22)13-18-12-20-14-23(18)17-5-6-17/h3-4,11-12,14,17H,5-10,13H2,1-2H3. The first kappa shape index (κ1) is 14.8. The average molecular weight is 310 g/mol. The van der Waals surface area contributed by atoms with E-state index in [1.807, 2.05) is 6.33 Å². The molecule has 4 rings (SSSR count). The topological polar surface area (TPSA) is 24.3 Å². The van der Waals surface area contributed by atoms with Gasteiger partial charge in [0.25, 0.3) is 0 Å². The van der Waals surface area contributed by atoms with Gasteiger partial charge in [0.2, 0.25) is 0 Å². The van der Waals surface area contributed by atoms with Crippen LogP contribution in [0.1, 0.15) is 35.7 Å². The number of nitrogens with zero attached hydrogens (tertiary/aromatic N) is 4. The van der Waals surface area contributed by atoms with Gasteiger partial charge in [0, 0.05) is 50.6 Å². The minimum Gasteiger partial charge on any atom is -0.369 e. The van der Waals surface area contributed by atoms with Crippen LogP contribution in [0, 0.1) is 13.8 Å². The number of piperazine rings is 1. The number of rotatable bonds is 4. The van der Waals surface area contributed by atoms with Gasteiger partial charge in [-0.3, -0.25) is 4.90 Å². The molecule has 0 atom stereocenters. The van der Waals surface area contributed by atoms with Crippen molar-refractivity contribution in [3.63, 3.8) is 0 Å². The highest BCUT2D eigenvalue weighted by Gasteiger charge is 2.26. The lowest BCUT2D eigenvalue weighted by atomic mass is 10.1. The maximum Gasteiger partial charge on any atom is 0.0951 e. The number of benzene rings is 1. The molecule has 0 bridgehead atoms. The number of anilines is 1. The molecule has 2 heterocycles. The van der Waals surface area contributed by atoms with Crippen LogP contribution in [0.4, 0.5) is 5.69 Å². The number of imidazole rings is 1. The third kappa shape index (κ3) is 3.13. The molecule has 0 radical (unpaired) electrons. The summed E-state index contributed by atoms with van der Waals surface area (Å²) in [5.41, 5.74) is 5.53. The summed E-state index contributed by atoms with van der Waals surface area (Å²) in [6.07, 6.45) is 6.71. The van der Waals surface area contributed by atoms with E-state index in [1.54, 1.807) is 0 Å². The Kier molecular flexibility index (Phi) is 3.85. The van der Waals surface area contributed by atoms with Gasteiger partial charge < -0.3 is 9.47 Å². The monoisotopic (exact) mass is 310 g/mol. The zero-order valence-corrected chi connectivity index (χ0v) is 14.2. The summed E-state index contributed by atoms with van der Waals surface area (Å²) >= 11 is 0. The van der Waals surface area contributed by atoms with Crippen LogP contribution in [0.15, 0.2) is 30.7 Å². The van der Waals surface area contributed by atoms with Crippen molar-refractivity contribution in [2.24, 2.45) is 0 Å². The molecule has 0 unspecified atom stereocenters. The summed E-state index contributed by atoms with van der Waals surface area (Å²) in [5.74, 6) is 0. The van der Waals surface area contributed by atoms with Gasteiger partial charge in [-0.05, 0) is 43.9 Å². The zero-order chi connectivity index (χ0) is 15.8. The Morgan fingerprint density at radius 3 is 2.61 bits per heavy atom. The van der Waals surface area contributed by atoms with Crippen molar-refractivity contribution in [1.82, 2.24) is 14.5 Å². The Balaban J connectivity index is 1.39. The first-order chi connectivity index (χ1) is 11.2. The van der Waals surface area contributed by atoms with Gasteiger partial charge in [0.05, 0.1) is 12.0 Å². The Labute approximate surface area is 138 Å². The molecule has 2 aliphatic rings. The second-order valence-corrected chi connectivity index (χ2v) is 7.08. The van der Waals surface area contributed by atoms with Crippen molar-refractivity contribution in [3.05, 3.63) is 47.5 Å². The first-order valence-electron chi connectivity index (χ1n) is 8.76. The van der Waals surface area contributed by atoms with Crippen LogP contribution in [0.3, 0.4) is 0 Å². The van der Waals surface area contributed by atoms with E-state index in [1.165, 1.54) is 35.3 Å². The van der Waals surface area contributed by atoms with Gasteiger partial charge in [-0.15, -0.1) is 0 Å². The molecular formula is C19H26N4. The molecule has 0 amide bonds. The second-order valence-electron chi connectivity index (χ2n) is 7.08. The number of aromatic nitrogens is 2. The minimum atomic E-state index is 0.726. The molecule has 1 saturated carbocycles. The smallest absolute Gasteiger partial charge is 0.0951 e. The van der Waals surface area contributed by atoms with E-state index in [-0.39, 0.29) is 0 Å². The van der Waals surface area contributed by atoms with Gasteiger partial charge in [-0.25, -0.2) is 4.98 Å². The summed E-state index contributed by atoms with van der Waals surface area (Å²) in [4.78, 5) is 9.46. The molecule has 1 aliphatic heterocycles. The summed E-state index contributed by atoms with van der Waals surface area (Å²) in [6, 6.07) is 7.50. The Hall–Kier alpha value is -1.81. The molecule has 4 nitrogen and oxygen atoms in total. The van der Waals surface area contributed by atoms with Crippen LogP contribution in [0.5, 0.6) is 0 Å². The number of hydrogen-bond donors (Lipinski definition) is 0. The van der Waals surface area contributed by atoms with Gasteiger partial charge >= 0.3 is 0 Å². The fraction of sp³-hybridized carbons (Fsp3) is 0.526. The fourth-order valence-electron chi connectivity index (χ4n) is 3.57. The molecule has 1 aromatic carbocycles. The highest BCUT2D eigenvalue weighted by atomic mass is 15.3. The predicted octanol–water partition coefficient (Wildman–Crippen LogP) is 3.16. The van der Waals surface area contributed by atoms with E-state index in [2.05, 4.69) is 57.6 Å². The summed E-state index contributed by atoms with van der Waals surface area (Å²) < 4.78 is 2.39. The fourth-order valence-corrected chi connectivity index (χ4v) is 3.57. The van der Waals surface area contributed by atoms with Crippen molar-refractivity contribution in [3.8, 4) is 0 Å². The molecular weight excluding hydrogens is 284 g/mol. The SMILES string of the molecule is Cc1ccc(C)c(N2CCN(Cc3cncn3C3CC3)CC2)c1. The first-order valence-corrected chi connectivity index (χ1v) is 8.76. The predicted molar refractivity (Wildman–Crippen MR) is 93.9 cm³/mol. The normalized spacial score (nSPS) is 19.3. The molecule has 23 heavy (non-hydrogen) atoms. The van der Waals surface area contributed by atoms with Crippen molar-refractivity contribution < 1.29 is 0 Å². The largest absolute Gasteiger partial charge is 0.369 e. The average Bonchev–Trinajstić information content (AvgIpc) is 3.30. The third-order valence-electron chi connectivity index (χ3n) is 5.15. The molecule has 2 fully saturated rings.